The fourth-order valence-corrected chi connectivity index (χ4v) is 2.05. The molecule has 1 aromatic heterocycles. The minimum absolute atomic E-state index is 0.506. The van der Waals surface area contributed by atoms with Crippen LogP contribution in [0.2, 0.25) is 0 Å². The van der Waals surface area contributed by atoms with Crippen molar-refractivity contribution in [3.05, 3.63) is 23.9 Å². The van der Waals surface area contributed by atoms with E-state index in [1.165, 1.54) is 6.42 Å². The maximum atomic E-state index is 5.45. The molecule has 0 amide bonds. The average Bonchev–Trinajstić information content (AvgIpc) is 2.57. The molecule has 6 nitrogen and oxygen atoms in total. The van der Waals surface area contributed by atoms with E-state index in [1.54, 1.807) is 13.3 Å². The number of hydrogen-bond acceptors (Lipinski definition) is 4. The first kappa shape index (κ1) is 20.2. The molecule has 0 radical (unpaired) electrons. The third-order valence-corrected chi connectivity index (χ3v) is 3.35. The van der Waals surface area contributed by atoms with Crippen LogP contribution in [-0.4, -0.2) is 44.4 Å². The summed E-state index contributed by atoms with van der Waals surface area (Å²) in [6.45, 7) is 10.00. The van der Waals surface area contributed by atoms with Crippen LogP contribution in [0.4, 0.5) is 0 Å². The SMILES string of the molecule is CCNC(=NCc1ccc(OCCOC)nc1)NCCCC(C)C. The second kappa shape index (κ2) is 12.6. The molecule has 1 heterocycles. The highest BCUT2D eigenvalue weighted by atomic mass is 16.5. The molecule has 6 heteroatoms. The summed E-state index contributed by atoms with van der Waals surface area (Å²) in [5.74, 6) is 2.20. The zero-order valence-corrected chi connectivity index (χ0v) is 15.5. The minimum Gasteiger partial charge on any atom is -0.475 e. The van der Waals surface area contributed by atoms with E-state index in [0.717, 1.165) is 37.0 Å². The molecule has 0 bridgehead atoms. The van der Waals surface area contributed by atoms with Crippen molar-refractivity contribution >= 4 is 5.96 Å². The minimum atomic E-state index is 0.506. The number of nitrogens with one attached hydrogen (secondary N) is 2. The molecule has 0 fully saturated rings. The second-order valence-corrected chi connectivity index (χ2v) is 6.00. The van der Waals surface area contributed by atoms with Crippen molar-refractivity contribution in [2.75, 3.05) is 33.4 Å². The molecule has 24 heavy (non-hydrogen) atoms. The van der Waals surface area contributed by atoms with Gasteiger partial charge in [-0.25, -0.2) is 9.98 Å². The highest BCUT2D eigenvalue weighted by Crippen LogP contribution is 2.08. The molecule has 0 saturated carbocycles. The van der Waals surface area contributed by atoms with Gasteiger partial charge in [0.1, 0.15) is 6.61 Å². The third kappa shape index (κ3) is 9.35. The number of pyridine rings is 1. The first-order valence-corrected chi connectivity index (χ1v) is 8.74. The van der Waals surface area contributed by atoms with E-state index < -0.39 is 0 Å². The molecule has 0 spiro atoms. The van der Waals surface area contributed by atoms with E-state index >= 15 is 0 Å². The van der Waals surface area contributed by atoms with Crippen molar-refractivity contribution in [1.82, 2.24) is 15.6 Å². The zero-order chi connectivity index (χ0) is 17.6. The molecule has 0 unspecified atom stereocenters. The lowest BCUT2D eigenvalue weighted by Gasteiger charge is -2.12. The summed E-state index contributed by atoms with van der Waals surface area (Å²) >= 11 is 0. The number of nitrogens with zero attached hydrogens (tertiary/aromatic N) is 2. The molecule has 136 valence electrons. The van der Waals surface area contributed by atoms with Crippen LogP contribution in [-0.2, 0) is 11.3 Å². The predicted octanol–water partition coefficient (Wildman–Crippen LogP) is 2.60. The lowest BCUT2D eigenvalue weighted by Crippen LogP contribution is -2.37. The summed E-state index contributed by atoms with van der Waals surface area (Å²) in [5.41, 5.74) is 1.05. The highest BCUT2D eigenvalue weighted by molar-refractivity contribution is 5.79. The van der Waals surface area contributed by atoms with Crippen LogP contribution >= 0.6 is 0 Å². The Bertz CT molecular complexity index is 461. The molecule has 0 aliphatic carbocycles. The monoisotopic (exact) mass is 336 g/mol. The normalized spacial score (nSPS) is 11.6. The largest absolute Gasteiger partial charge is 0.475 e. The fourth-order valence-electron chi connectivity index (χ4n) is 2.05. The van der Waals surface area contributed by atoms with E-state index in [0.29, 0.717) is 25.6 Å². The van der Waals surface area contributed by atoms with Gasteiger partial charge in [0.2, 0.25) is 5.88 Å². The number of aliphatic imine (C=N–C) groups is 1. The van der Waals surface area contributed by atoms with Gasteiger partial charge in [0.15, 0.2) is 5.96 Å². The first-order chi connectivity index (χ1) is 11.7. The topological polar surface area (TPSA) is 67.8 Å². The van der Waals surface area contributed by atoms with Crippen LogP contribution in [0.25, 0.3) is 0 Å². The number of ether oxygens (including phenoxy) is 2. The van der Waals surface area contributed by atoms with Crippen LogP contribution in [0.1, 0.15) is 39.2 Å². The van der Waals surface area contributed by atoms with Crippen LogP contribution in [0.3, 0.4) is 0 Å². The highest BCUT2D eigenvalue weighted by Gasteiger charge is 2.00. The van der Waals surface area contributed by atoms with Gasteiger partial charge in [-0.15, -0.1) is 0 Å². The number of guanidine groups is 1. The van der Waals surface area contributed by atoms with Crippen molar-refractivity contribution < 1.29 is 9.47 Å². The Morgan fingerprint density at radius 2 is 2.08 bits per heavy atom. The Hall–Kier alpha value is -1.82. The molecule has 0 saturated heterocycles. The van der Waals surface area contributed by atoms with Crippen LogP contribution in [0, 0.1) is 5.92 Å². The molecular weight excluding hydrogens is 304 g/mol. The molecule has 2 N–H and O–H groups in total. The zero-order valence-electron chi connectivity index (χ0n) is 15.5. The summed E-state index contributed by atoms with van der Waals surface area (Å²) in [6.07, 6.45) is 4.17. The fraction of sp³-hybridized carbons (Fsp3) is 0.667. The van der Waals surface area contributed by atoms with Gasteiger partial charge in [0, 0.05) is 32.5 Å². The van der Waals surface area contributed by atoms with Crippen LogP contribution < -0.4 is 15.4 Å². The van der Waals surface area contributed by atoms with Gasteiger partial charge in [0.25, 0.3) is 0 Å². The Labute approximate surface area is 146 Å². The van der Waals surface area contributed by atoms with Crippen LogP contribution in [0.5, 0.6) is 5.88 Å². The van der Waals surface area contributed by atoms with Crippen molar-refractivity contribution in [1.29, 1.82) is 0 Å². The van der Waals surface area contributed by atoms with E-state index in [-0.39, 0.29) is 0 Å². The van der Waals surface area contributed by atoms with Gasteiger partial charge in [-0.05, 0) is 31.2 Å². The van der Waals surface area contributed by atoms with E-state index in [4.69, 9.17) is 9.47 Å². The Morgan fingerprint density at radius 1 is 1.25 bits per heavy atom. The average molecular weight is 336 g/mol. The Balaban J connectivity index is 2.43. The molecule has 1 rings (SSSR count). The maximum absolute atomic E-state index is 5.45. The first-order valence-electron chi connectivity index (χ1n) is 8.74. The molecule has 0 aromatic carbocycles. The lowest BCUT2D eigenvalue weighted by molar-refractivity contribution is 0.143. The lowest BCUT2D eigenvalue weighted by atomic mass is 10.1. The van der Waals surface area contributed by atoms with E-state index in [9.17, 15) is 0 Å². The Morgan fingerprint density at radius 3 is 2.71 bits per heavy atom. The second-order valence-electron chi connectivity index (χ2n) is 6.00. The van der Waals surface area contributed by atoms with Crippen LogP contribution in [0.15, 0.2) is 23.3 Å². The van der Waals surface area contributed by atoms with Crippen molar-refractivity contribution in [3.63, 3.8) is 0 Å². The standard InChI is InChI=1S/C18H32N4O2/c1-5-19-18(20-10-6-7-15(2)3)22-14-16-8-9-17(21-13-16)24-12-11-23-4/h8-9,13,15H,5-7,10-12,14H2,1-4H3,(H2,19,20,22). The van der Waals surface area contributed by atoms with Gasteiger partial charge >= 0.3 is 0 Å². The number of hydrogen-bond donors (Lipinski definition) is 2. The quantitative estimate of drug-likeness (QED) is 0.369. The van der Waals surface area contributed by atoms with Crippen molar-refractivity contribution in [2.24, 2.45) is 10.9 Å². The van der Waals surface area contributed by atoms with E-state index in [1.807, 2.05) is 12.1 Å². The van der Waals surface area contributed by atoms with Crippen molar-refractivity contribution in [2.45, 2.75) is 40.2 Å². The predicted molar refractivity (Wildman–Crippen MR) is 98.5 cm³/mol. The van der Waals surface area contributed by atoms with Crippen molar-refractivity contribution in [3.8, 4) is 5.88 Å². The number of rotatable bonds is 11. The smallest absolute Gasteiger partial charge is 0.213 e. The summed E-state index contributed by atoms with van der Waals surface area (Å²) in [5, 5.41) is 6.64. The Kier molecular flexibility index (Phi) is 10.6. The van der Waals surface area contributed by atoms with Gasteiger partial charge in [-0.2, -0.15) is 0 Å². The molecular formula is C18H32N4O2. The molecule has 0 atom stereocenters. The summed E-state index contributed by atoms with van der Waals surface area (Å²) in [6, 6.07) is 3.85. The van der Waals surface area contributed by atoms with Gasteiger partial charge in [-0.3, -0.25) is 0 Å². The van der Waals surface area contributed by atoms with Gasteiger partial charge < -0.3 is 20.1 Å². The maximum Gasteiger partial charge on any atom is 0.213 e. The molecule has 1 aromatic rings. The summed E-state index contributed by atoms with van der Waals surface area (Å²) in [4.78, 5) is 8.88. The third-order valence-electron chi connectivity index (χ3n) is 3.35. The summed E-state index contributed by atoms with van der Waals surface area (Å²) in [7, 11) is 1.65. The van der Waals surface area contributed by atoms with E-state index in [2.05, 4.69) is 41.4 Å². The van der Waals surface area contributed by atoms with Gasteiger partial charge in [-0.1, -0.05) is 19.9 Å². The molecule has 0 aliphatic rings. The van der Waals surface area contributed by atoms with Gasteiger partial charge in [0.05, 0.1) is 13.2 Å². The summed E-state index contributed by atoms with van der Waals surface area (Å²) < 4.78 is 10.4. The molecule has 0 aliphatic heterocycles. The number of methoxy groups -OCH3 is 1. The number of aromatic nitrogens is 1.